The number of hydrogen-bond donors (Lipinski definition) is 1. The molecule has 6 aromatic carbocycles. The first-order chi connectivity index (χ1) is 24.9. The second-order valence-electron chi connectivity index (χ2n) is 13.8. The molecule has 0 unspecified atom stereocenters. The predicted molar refractivity (Wildman–Crippen MR) is 206 cm³/mol. The van der Waals surface area contributed by atoms with Crippen LogP contribution in [-0.4, -0.2) is 23.6 Å². The number of anilines is 3. The summed E-state index contributed by atoms with van der Waals surface area (Å²) in [6.07, 6.45) is 0. The van der Waals surface area contributed by atoms with Crippen molar-refractivity contribution in [2.45, 2.75) is 34.6 Å². The molecular weight excluding hydrogens is 647 g/mol. The second-order valence-corrected chi connectivity index (χ2v) is 13.8. The smallest absolute Gasteiger partial charge is 0.266 e. The first-order valence-electron chi connectivity index (χ1n) is 17.1. The van der Waals surface area contributed by atoms with Gasteiger partial charge in [-0.1, -0.05) is 54.1 Å². The summed E-state index contributed by atoms with van der Waals surface area (Å²) in [4.78, 5) is 57.4. The van der Waals surface area contributed by atoms with Gasteiger partial charge < -0.3 is 5.73 Å². The van der Waals surface area contributed by atoms with Gasteiger partial charge in [0.15, 0.2) is 0 Å². The fraction of sp³-hybridized carbons (Fsp3) is 0.111. The minimum Gasteiger partial charge on any atom is -0.399 e. The molecule has 0 saturated heterocycles. The fourth-order valence-corrected chi connectivity index (χ4v) is 7.36. The highest BCUT2D eigenvalue weighted by Crippen LogP contribution is 2.40. The van der Waals surface area contributed by atoms with E-state index in [-0.39, 0.29) is 23.6 Å². The van der Waals surface area contributed by atoms with Crippen LogP contribution in [0.5, 0.6) is 0 Å². The predicted octanol–water partition coefficient (Wildman–Crippen LogP) is 9.41. The minimum atomic E-state index is -0.365. The molecule has 52 heavy (non-hydrogen) atoms. The van der Waals surface area contributed by atoms with Crippen molar-refractivity contribution < 1.29 is 19.2 Å². The number of benzene rings is 6. The van der Waals surface area contributed by atoms with Gasteiger partial charge in [0.1, 0.15) is 0 Å². The summed E-state index contributed by atoms with van der Waals surface area (Å²) in [5.41, 5.74) is 19.0. The summed E-state index contributed by atoms with van der Waals surface area (Å²) < 4.78 is 0. The third-order valence-electron chi connectivity index (χ3n) is 10.3. The summed E-state index contributed by atoms with van der Waals surface area (Å²) >= 11 is 0. The van der Waals surface area contributed by atoms with Gasteiger partial charge in [-0.3, -0.25) is 19.2 Å². The monoisotopic (exact) mass is 681 g/mol. The summed E-state index contributed by atoms with van der Waals surface area (Å²) in [6.45, 7) is 9.72. The highest BCUT2D eigenvalue weighted by atomic mass is 16.2. The number of nitrogen functional groups attached to an aromatic ring is 1. The zero-order valence-electron chi connectivity index (χ0n) is 29.5. The van der Waals surface area contributed by atoms with Crippen LogP contribution in [0.3, 0.4) is 0 Å². The van der Waals surface area contributed by atoms with E-state index in [0.29, 0.717) is 39.3 Å². The van der Waals surface area contributed by atoms with Crippen molar-refractivity contribution in [2.75, 3.05) is 15.5 Å². The number of amides is 4. The number of hydrogen-bond acceptors (Lipinski definition) is 5. The number of rotatable bonds is 5. The highest BCUT2D eigenvalue weighted by molar-refractivity contribution is 6.36. The lowest BCUT2D eigenvalue weighted by Crippen LogP contribution is -2.30. The van der Waals surface area contributed by atoms with Crippen molar-refractivity contribution in [3.63, 3.8) is 0 Å². The minimum absolute atomic E-state index is 0.344. The number of nitrogens with zero attached hydrogens (tertiary/aromatic N) is 2. The molecule has 0 radical (unpaired) electrons. The Morgan fingerprint density at radius 3 is 1.15 bits per heavy atom. The van der Waals surface area contributed by atoms with E-state index in [9.17, 15) is 19.2 Å². The maximum Gasteiger partial charge on any atom is 0.266 e. The number of carbonyl (C=O) groups excluding carboxylic acids is 4. The molecule has 0 atom stereocenters. The Kier molecular flexibility index (Phi) is 7.54. The topological polar surface area (TPSA) is 101 Å². The van der Waals surface area contributed by atoms with Gasteiger partial charge in [-0.2, -0.15) is 0 Å². The molecule has 7 nitrogen and oxygen atoms in total. The van der Waals surface area contributed by atoms with E-state index in [1.165, 1.54) is 9.80 Å². The van der Waals surface area contributed by atoms with Crippen LogP contribution in [0.2, 0.25) is 0 Å². The normalized spacial score (nSPS) is 13.6. The molecule has 0 bridgehead atoms. The molecule has 2 aliphatic rings. The van der Waals surface area contributed by atoms with E-state index in [4.69, 9.17) is 5.73 Å². The Labute approximate surface area is 301 Å². The average Bonchev–Trinajstić information content (AvgIpc) is 3.53. The number of imide groups is 2. The molecule has 0 spiro atoms. The van der Waals surface area contributed by atoms with Crippen molar-refractivity contribution >= 4 is 40.7 Å². The van der Waals surface area contributed by atoms with Crippen molar-refractivity contribution in [3.05, 3.63) is 159 Å². The van der Waals surface area contributed by atoms with Crippen molar-refractivity contribution in [3.8, 4) is 33.4 Å². The number of fused-ring (bicyclic) bond motifs is 2. The summed E-state index contributed by atoms with van der Waals surface area (Å²) in [5, 5.41) is 0. The Hall–Kier alpha value is -6.60. The van der Waals surface area contributed by atoms with Gasteiger partial charge in [0, 0.05) is 5.69 Å². The van der Waals surface area contributed by atoms with Gasteiger partial charge in [-0.15, -0.1) is 0 Å². The van der Waals surface area contributed by atoms with E-state index in [2.05, 4.69) is 0 Å². The van der Waals surface area contributed by atoms with Crippen molar-refractivity contribution in [1.29, 1.82) is 0 Å². The van der Waals surface area contributed by atoms with Crippen LogP contribution < -0.4 is 15.5 Å². The standard InChI is InChI=1S/C45H35N3O4/c1-24-6-8-29(9-7-24)31-12-16-34-38(22-31)44(51)47(42(34)49)40-20-25(2)36(18-27(40)4)37-19-28(5)41(21-26(37)3)48-43(50)35-17-13-32(23-39(35)45(48)52)30-10-14-33(46)15-11-30/h6-23H,46H2,1-5H3. The van der Waals surface area contributed by atoms with Gasteiger partial charge in [0.2, 0.25) is 0 Å². The Morgan fingerprint density at radius 1 is 0.365 bits per heavy atom. The fourth-order valence-electron chi connectivity index (χ4n) is 7.36. The van der Waals surface area contributed by atoms with E-state index < -0.39 is 0 Å². The summed E-state index contributed by atoms with van der Waals surface area (Å²) in [6, 6.07) is 34.0. The lowest BCUT2D eigenvalue weighted by atomic mass is 9.92. The molecule has 2 N–H and O–H groups in total. The molecular formula is C45H35N3O4. The maximum absolute atomic E-state index is 13.8. The highest BCUT2D eigenvalue weighted by Gasteiger charge is 2.39. The molecule has 0 saturated carbocycles. The third-order valence-corrected chi connectivity index (χ3v) is 10.3. The van der Waals surface area contributed by atoms with E-state index in [1.54, 1.807) is 36.4 Å². The average molecular weight is 682 g/mol. The van der Waals surface area contributed by atoms with Crippen LogP contribution in [0.1, 0.15) is 69.2 Å². The number of aryl methyl sites for hydroxylation is 5. The third kappa shape index (κ3) is 5.12. The van der Waals surface area contributed by atoms with Crippen molar-refractivity contribution in [2.24, 2.45) is 0 Å². The summed E-state index contributed by atoms with van der Waals surface area (Å²) in [5.74, 6) is -1.41. The SMILES string of the molecule is Cc1ccc(-c2ccc3c(c2)C(=O)N(c2cc(C)c(-c4cc(C)c(N5C(=O)c6ccc(-c7ccc(N)cc7)cc6C5=O)cc4C)cc2C)C3=O)cc1. The number of nitrogens with two attached hydrogens (primary N) is 1. The van der Waals surface area contributed by atoms with Gasteiger partial charge in [0.05, 0.1) is 33.6 Å². The zero-order chi connectivity index (χ0) is 36.6. The molecule has 0 fully saturated rings. The first kappa shape index (κ1) is 32.6. The van der Waals surface area contributed by atoms with Crippen LogP contribution in [0, 0.1) is 34.6 Å². The molecule has 4 amide bonds. The Morgan fingerprint density at radius 2 is 0.731 bits per heavy atom. The molecule has 2 aliphatic heterocycles. The number of carbonyl (C=O) groups is 4. The van der Waals surface area contributed by atoms with E-state index >= 15 is 0 Å². The van der Waals surface area contributed by atoms with Gasteiger partial charge in [-0.05, 0) is 151 Å². The Bertz CT molecular complexity index is 2370. The molecule has 0 aliphatic carbocycles. The molecule has 2 heterocycles. The lowest BCUT2D eigenvalue weighted by molar-refractivity contribution is 0.0910. The van der Waals surface area contributed by atoms with Gasteiger partial charge in [0.25, 0.3) is 23.6 Å². The largest absolute Gasteiger partial charge is 0.399 e. The van der Waals surface area contributed by atoms with Crippen molar-refractivity contribution in [1.82, 2.24) is 0 Å². The summed E-state index contributed by atoms with van der Waals surface area (Å²) in [7, 11) is 0. The van der Waals surface area contributed by atoms with E-state index in [1.807, 2.05) is 107 Å². The molecule has 0 aromatic heterocycles. The first-order valence-corrected chi connectivity index (χ1v) is 17.1. The molecule has 7 heteroatoms. The molecule has 8 rings (SSSR count). The van der Waals surface area contributed by atoms with E-state index in [0.717, 1.165) is 61.2 Å². The van der Waals surface area contributed by atoms with Gasteiger partial charge in [-0.25, -0.2) is 9.80 Å². The maximum atomic E-state index is 13.8. The van der Waals surface area contributed by atoms with Gasteiger partial charge >= 0.3 is 0 Å². The quantitative estimate of drug-likeness (QED) is 0.144. The molecule has 254 valence electrons. The Balaban J connectivity index is 1.09. The zero-order valence-corrected chi connectivity index (χ0v) is 29.5. The van der Waals surface area contributed by atoms with Crippen LogP contribution >= 0.6 is 0 Å². The van der Waals surface area contributed by atoms with Crippen LogP contribution in [0.15, 0.2) is 109 Å². The lowest BCUT2D eigenvalue weighted by Gasteiger charge is -2.22. The van der Waals surface area contributed by atoms with Crippen LogP contribution in [0.25, 0.3) is 33.4 Å². The van der Waals surface area contributed by atoms with Crippen LogP contribution in [0.4, 0.5) is 17.1 Å². The molecule has 6 aromatic rings. The van der Waals surface area contributed by atoms with Crippen LogP contribution in [-0.2, 0) is 0 Å². The second kappa shape index (κ2) is 12.0.